The molecule has 1 aromatic heterocycles. The van der Waals surface area contributed by atoms with E-state index in [4.69, 9.17) is 10.5 Å². The standard InChI is InChI=1S/C11H21N5O2/c1-4-16(9(2)8-18-3)11(17)10-7-15(6-5-12)14-13-10/h7,9H,4-6,8,12H2,1-3H3. The van der Waals surface area contributed by atoms with Crippen molar-refractivity contribution in [2.75, 3.05) is 26.8 Å². The summed E-state index contributed by atoms with van der Waals surface area (Å²) >= 11 is 0. The number of amides is 1. The van der Waals surface area contributed by atoms with Crippen molar-refractivity contribution in [3.8, 4) is 0 Å². The monoisotopic (exact) mass is 255 g/mol. The normalized spacial score (nSPS) is 12.4. The predicted octanol–water partition coefficient (Wildman–Crippen LogP) is -0.266. The minimum Gasteiger partial charge on any atom is -0.383 e. The topological polar surface area (TPSA) is 86.3 Å². The highest BCUT2D eigenvalue weighted by molar-refractivity contribution is 5.92. The Bertz CT molecular complexity index is 379. The third kappa shape index (κ3) is 3.51. The van der Waals surface area contributed by atoms with Crippen LogP contribution in [0.5, 0.6) is 0 Å². The van der Waals surface area contributed by atoms with Gasteiger partial charge in [-0.2, -0.15) is 0 Å². The summed E-state index contributed by atoms with van der Waals surface area (Å²) in [6.07, 6.45) is 1.62. The SMILES string of the molecule is CCN(C(=O)c1cn(CCN)nn1)C(C)COC. The molecular formula is C11H21N5O2. The van der Waals surface area contributed by atoms with Crippen molar-refractivity contribution in [1.82, 2.24) is 19.9 Å². The zero-order chi connectivity index (χ0) is 13.5. The molecule has 1 atom stereocenters. The molecule has 0 fully saturated rings. The number of ether oxygens (including phenoxy) is 1. The van der Waals surface area contributed by atoms with Crippen molar-refractivity contribution in [2.45, 2.75) is 26.4 Å². The smallest absolute Gasteiger partial charge is 0.276 e. The third-order valence-corrected chi connectivity index (χ3v) is 2.66. The molecule has 7 nitrogen and oxygen atoms in total. The first kappa shape index (κ1) is 14.6. The number of hydrogen-bond acceptors (Lipinski definition) is 5. The number of carbonyl (C=O) groups is 1. The summed E-state index contributed by atoms with van der Waals surface area (Å²) in [5.74, 6) is -0.134. The van der Waals surface area contributed by atoms with Crippen LogP contribution in [0.25, 0.3) is 0 Å². The fourth-order valence-electron chi connectivity index (χ4n) is 1.77. The molecule has 18 heavy (non-hydrogen) atoms. The van der Waals surface area contributed by atoms with Crippen LogP contribution in [0.15, 0.2) is 6.20 Å². The molecule has 1 heterocycles. The molecule has 2 N–H and O–H groups in total. The van der Waals surface area contributed by atoms with Crippen molar-refractivity contribution in [1.29, 1.82) is 0 Å². The Morgan fingerprint density at radius 3 is 2.94 bits per heavy atom. The van der Waals surface area contributed by atoms with Gasteiger partial charge in [-0.25, -0.2) is 0 Å². The molecule has 1 aromatic rings. The van der Waals surface area contributed by atoms with E-state index in [0.717, 1.165) is 0 Å². The van der Waals surface area contributed by atoms with Gasteiger partial charge in [-0.3, -0.25) is 9.48 Å². The van der Waals surface area contributed by atoms with E-state index in [1.165, 1.54) is 0 Å². The maximum atomic E-state index is 12.2. The quantitative estimate of drug-likeness (QED) is 0.725. The fraction of sp³-hybridized carbons (Fsp3) is 0.727. The third-order valence-electron chi connectivity index (χ3n) is 2.66. The van der Waals surface area contributed by atoms with E-state index in [1.807, 2.05) is 13.8 Å². The second kappa shape index (κ2) is 7.07. The van der Waals surface area contributed by atoms with Gasteiger partial charge in [0.1, 0.15) is 0 Å². The first-order valence-electron chi connectivity index (χ1n) is 6.04. The minimum absolute atomic E-state index is 0.00663. The summed E-state index contributed by atoms with van der Waals surface area (Å²) < 4.78 is 6.64. The average Bonchev–Trinajstić information content (AvgIpc) is 2.79. The molecule has 0 aliphatic rings. The first-order valence-corrected chi connectivity index (χ1v) is 6.04. The van der Waals surface area contributed by atoms with Gasteiger partial charge in [-0.15, -0.1) is 5.10 Å². The number of carbonyl (C=O) groups excluding carboxylic acids is 1. The summed E-state index contributed by atoms with van der Waals surface area (Å²) in [6, 6.07) is 0.00663. The zero-order valence-electron chi connectivity index (χ0n) is 11.2. The van der Waals surface area contributed by atoms with Crippen molar-refractivity contribution >= 4 is 5.91 Å². The largest absolute Gasteiger partial charge is 0.383 e. The van der Waals surface area contributed by atoms with E-state index >= 15 is 0 Å². The first-order chi connectivity index (χ1) is 8.63. The lowest BCUT2D eigenvalue weighted by molar-refractivity contribution is 0.0573. The van der Waals surface area contributed by atoms with Gasteiger partial charge in [0.25, 0.3) is 5.91 Å². The lowest BCUT2D eigenvalue weighted by Gasteiger charge is -2.26. The number of likely N-dealkylation sites (N-methyl/N-ethyl adjacent to an activating group) is 1. The second-order valence-corrected chi connectivity index (χ2v) is 4.05. The number of hydrogen-bond donors (Lipinski definition) is 1. The van der Waals surface area contributed by atoms with Crippen LogP contribution in [0.3, 0.4) is 0 Å². The molecule has 0 spiro atoms. The summed E-state index contributed by atoms with van der Waals surface area (Å²) in [6.45, 7) is 5.99. The van der Waals surface area contributed by atoms with Crippen molar-refractivity contribution in [2.24, 2.45) is 5.73 Å². The highest BCUT2D eigenvalue weighted by atomic mass is 16.5. The van der Waals surface area contributed by atoms with E-state index < -0.39 is 0 Å². The number of methoxy groups -OCH3 is 1. The van der Waals surface area contributed by atoms with E-state index in [2.05, 4.69) is 10.3 Å². The minimum atomic E-state index is -0.134. The molecule has 0 aliphatic carbocycles. The number of nitrogens with zero attached hydrogens (tertiary/aromatic N) is 4. The zero-order valence-corrected chi connectivity index (χ0v) is 11.2. The Hall–Kier alpha value is -1.47. The maximum Gasteiger partial charge on any atom is 0.276 e. The molecule has 1 amide bonds. The van der Waals surface area contributed by atoms with Crippen LogP contribution >= 0.6 is 0 Å². The number of aromatic nitrogens is 3. The van der Waals surface area contributed by atoms with Gasteiger partial charge in [0, 0.05) is 20.2 Å². The summed E-state index contributed by atoms with van der Waals surface area (Å²) in [5.41, 5.74) is 5.76. The Morgan fingerprint density at radius 2 is 2.39 bits per heavy atom. The van der Waals surface area contributed by atoms with E-state index in [0.29, 0.717) is 31.9 Å². The van der Waals surface area contributed by atoms with Crippen molar-refractivity contribution in [3.05, 3.63) is 11.9 Å². The van der Waals surface area contributed by atoms with E-state index in [-0.39, 0.29) is 11.9 Å². The maximum absolute atomic E-state index is 12.2. The Labute approximate surface area is 107 Å². The highest BCUT2D eigenvalue weighted by Crippen LogP contribution is 2.06. The van der Waals surface area contributed by atoms with E-state index in [1.54, 1.807) is 22.9 Å². The van der Waals surface area contributed by atoms with Crippen molar-refractivity contribution < 1.29 is 9.53 Å². The van der Waals surface area contributed by atoms with Crippen LogP contribution in [0, 0.1) is 0 Å². The highest BCUT2D eigenvalue weighted by Gasteiger charge is 2.22. The molecule has 1 unspecified atom stereocenters. The van der Waals surface area contributed by atoms with Crippen LogP contribution in [-0.4, -0.2) is 58.6 Å². The van der Waals surface area contributed by atoms with Gasteiger partial charge in [0.2, 0.25) is 0 Å². The summed E-state index contributed by atoms with van der Waals surface area (Å²) in [5, 5.41) is 7.73. The Kier molecular flexibility index (Phi) is 5.73. The molecule has 102 valence electrons. The molecule has 0 bridgehead atoms. The van der Waals surface area contributed by atoms with Crippen molar-refractivity contribution in [3.63, 3.8) is 0 Å². The van der Waals surface area contributed by atoms with Crippen LogP contribution in [0.4, 0.5) is 0 Å². The van der Waals surface area contributed by atoms with Crippen LogP contribution in [0.1, 0.15) is 24.3 Å². The van der Waals surface area contributed by atoms with E-state index in [9.17, 15) is 4.79 Å². The van der Waals surface area contributed by atoms with Gasteiger partial charge < -0.3 is 15.4 Å². The predicted molar refractivity (Wildman–Crippen MR) is 67.1 cm³/mol. The lowest BCUT2D eigenvalue weighted by Crippen LogP contribution is -2.41. The van der Waals surface area contributed by atoms with Gasteiger partial charge in [0.15, 0.2) is 5.69 Å². The van der Waals surface area contributed by atoms with Gasteiger partial charge in [-0.1, -0.05) is 5.21 Å². The molecule has 0 aromatic carbocycles. The molecule has 1 rings (SSSR count). The van der Waals surface area contributed by atoms with Gasteiger partial charge in [0.05, 0.1) is 25.4 Å². The molecule has 0 saturated carbocycles. The van der Waals surface area contributed by atoms with Gasteiger partial charge in [-0.05, 0) is 13.8 Å². The van der Waals surface area contributed by atoms with Crippen LogP contribution in [0.2, 0.25) is 0 Å². The Morgan fingerprint density at radius 1 is 1.67 bits per heavy atom. The lowest BCUT2D eigenvalue weighted by atomic mass is 10.2. The Balaban J connectivity index is 2.76. The molecule has 7 heteroatoms. The number of rotatable bonds is 7. The second-order valence-electron chi connectivity index (χ2n) is 4.05. The average molecular weight is 255 g/mol. The number of nitrogens with two attached hydrogens (primary N) is 1. The summed E-state index contributed by atoms with van der Waals surface area (Å²) in [4.78, 5) is 13.9. The van der Waals surface area contributed by atoms with Crippen LogP contribution < -0.4 is 5.73 Å². The molecule has 0 saturated heterocycles. The molecular weight excluding hydrogens is 234 g/mol. The molecule has 0 aliphatic heterocycles. The van der Waals surface area contributed by atoms with Crippen LogP contribution in [-0.2, 0) is 11.3 Å². The molecule has 0 radical (unpaired) electrons. The fourth-order valence-corrected chi connectivity index (χ4v) is 1.77. The van der Waals surface area contributed by atoms with Gasteiger partial charge >= 0.3 is 0 Å². The summed E-state index contributed by atoms with van der Waals surface area (Å²) in [7, 11) is 1.62.